The molecule has 2 heterocycles. The van der Waals surface area contributed by atoms with Gasteiger partial charge in [-0.25, -0.2) is 9.98 Å². The van der Waals surface area contributed by atoms with Crippen LogP contribution in [0.3, 0.4) is 0 Å². The second kappa shape index (κ2) is 9.91. The molecule has 2 fully saturated rings. The molecule has 3 rings (SSSR count). The molecule has 1 aliphatic heterocycles. The van der Waals surface area contributed by atoms with Gasteiger partial charge in [0.1, 0.15) is 12.3 Å². The maximum Gasteiger partial charge on any atom is 0.225 e. The van der Waals surface area contributed by atoms with Crippen molar-refractivity contribution >= 4 is 11.9 Å². The van der Waals surface area contributed by atoms with Crippen molar-refractivity contribution < 1.29 is 9.21 Å². The second-order valence-electron chi connectivity index (χ2n) is 7.67. The third-order valence-corrected chi connectivity index (χ3v) is 5.65. The fourth-order valence-corrected chi connectivity index (χ4v) is 3.53. The molecule has 1 aromatic rings. The first-order valence-electron chi connectivity index (χ1n) is 10.5. The van der Waals surface area contributed by atoms with Crippen LogP contribution in [-0.2, 0) is 11.3 Å². The SMILES string of the molecule is CCNC(=NCc1nc(C)c(C)o1)NCCN1CCN(C(=O)C2CCC2)CC1. The minimum absolute atomic E-state index is 0.309. The molecule has 0 unspecified atom stereocenters. The van der Waals surface area contributed by atoms with Crippen molar-refractivity contribution in [3.8, 4) is 0 Å². The third-order valence-electron chi connectivity index (χ3n) is 5.65. The van der Waals surface area contributed by atoms with E-state index in [1.165, 1.54) is 6.42 Å². The Labute approximate surface area is 167 Å². The average Bonchev–Trinajstić information content (AvgIpc) is 2.96. The number of amides is 1. The minimum Gasteiger partial charge on any atom is -0.444 e. The lowest BCUT2D eigenvalue weighted by Crippen LogP contribution is -2.52. The van der Waals surface area contributed by atoms with Gasteiger partial charge in [0.15, 0.2) is 5.96 Å². The van der Waals surface area contributed by atoms with Crippen LogP contribution in [-0.4, -0.2) is 72.5 Å². The molecule has 8 heteroatoms. The van der Waals surface area contributed by atoms with Crippen LogP contribution in [0.4, 0.5) is 0 Å². The normalized spacial score (nSPS) is 18.8. The number of nitrogens with one attached hydrogen (secondary N) is 2. The van der Waals surface area contributed by atoms with Crippen molar-refractivity contribution in [3.05, 3.63) is 17.3 Å². The number of hydrogen-bond acceptors (Lipinski definition) is 5. The number of nitrogens with zero attached hydrogens (tertiary/aromatic N) is 4. The molecule has 28 heavy (non-hydrogen) atoms. The van der Waals surface area contributed by atoms with Gasteiger partial charge in [0.25, 0.3) is 0 Å². The van der Waals surface area contributed by atoms with Gasteiger partial charge >= 0.3 is 0 Å². The molecule has 1 saturated carbocycles. The summed E-state index contributed by atoms with van der Waals surface area (Å²) in [6, 6.07) is 0. The summed E-state index contributed by atoms with van der Waals surface area (Å²) in [4.78, 5) is 25.7. The summed E-state index contributed by atoms with van der Waals surface area (Å²) in [5.74, 6) is 2.94. The summed E-state index contributed by atoms with van der Waals surface area (Å²) < 4.78 is 5.59. The van der Waals surface area contributed by atoms with Crippen molar-refractivity contribution in [3.63, 3.8) is 0 Å². The molecule has 0 aromatic carbocycles. The van der Waals surface area contributed by atoms with E-state index in [0.29, 0.717) is 24.3 Å². The number of carbonyl (C=O) groups is 1. The highest BCUT2D eigenvalue weighted by Crippen LogP contribution is 2.28. The van der Waals surface area contributed by atoms with Crippen LogP contribution >= 0.6 is 0 Å². The summed E-state index contributed by atoms with van der Waals surface area (Å²) in [5, 5.41) is 6.63. The van der Waals surface area contributed by atoms with E-state index in [1.807, 2.05) is 13.8 Å². The van der Waals surface area contributed by atoms with Gasteiger partial charge < -0.3 is 20.0 Å². The Bertz CT molecular complexity index is 655. The first kappa shape index (κ1) is 20.6. The zero-order chi connectivity index (χ0) is 19.9. The molecule has 2 aliphatic rings. The van der Waals surface area contributed by atoms with E-state index in [-0.39, 0.29) is 0 Å². The maximum atomic E-state index is 12.3. The van der Waals surface area contributed by atoms with Crippen LogP contribution in [0, 0.1) is 19.8 Å². The Morgan fingerprint density at radius 3 is 2.54 bits per heavy atom. The molecule has 1 aliphatic carbocycles. The summed E-state index contributed by atoms with van der Waals surface area (Å²) in [5.41, 5.74) is 0.915. The molecule has 1 aromatic heterocycles. The smallest absolute Gasteiger partial charge is 0.225 e. The first-order chi connectivity index (χ1) is 13.6. The van der Waals surface area contributed by atoms with Crippen LogP contribution in [0.5, 0.6) is 0 Å². The standard InChI is InChI=1S/C20H34N6O2/c1-4-21-20(23-14-18-24-15(2)16(3)28-18)22-8-9-25-10-12-26(13-11-25)19(27)17-6-5-7-17/h17H,4-14H2,1-3H3,(H2,21,22,23). The Morgan fingerprint density at radius 2 is 1.96 bits per heavy atom. The van der Waals surface area contributed by atoms with E-state index in [0.717, 1.165) is 76.1 Å². The quantitative estimate of drug-likeness (QED) is 0.539. The number of rotatable bonds is 7. The Kier molecular flexibility index (Phi) is 7.30. The number of oxazole rings is 1. The van der Waals surface area contributed by atoms with Crippen LogP contribution in [0.15, 0.2) is 9.41 Å². The fraction of sp³-hybridized carbons (Fsp3) is 0.750. The third kappa shape index (κ3) is 5.47. The largest absolute Gasteiger partial charge is 0.444 e. The highest BCUT2D eigenvalue weighted by molar-refractivity contribution is 5.80. The van der Waals surface area contributed by atoms with Gasteiger partial charge in [-0.1, -0.05) is 6.42 Å². The minimum atomic E-state index is 0.309. The Morgan fingerprint density at radius 1 is 1.21 bits per heavy atom. The van der Waals surface area contributed by atoms with Crippen LogP contribution in [0.2, 0.25) is 0 Å². The number of piperazine rings is 1. The van der Waals surface area contributed by atoms with E-state index in [4.69, 9.17) is 4.42 Å². The Balaban J connectivity index is 1.38. The molecule has 1 saturated heterocycles. The molecular formula is C20H34N6O2. The fourth-order valence-electron chi connectivity index (χ4n) is 3.53. The summed E-state index contributed by atoms with van der Waals surface area (Å²) in [6.07, 6.45) is 3.39. The zero-order valence-corrected chi connectivity index (χ0v) is 17.5. The monoisotopic (exact) mass is 390 g/mol. The molecule has 1 amide bonds. The molecule has 0 atom stereocenters. The molecule has 0 spiro atoms. The number of hydrogen-bond donors (Lipinski definition) is 2. The van der Waals surface area contributed by atoms with E-state index < -0.39 is 0 Å². The van der Waals surface area contributed by atoms with Crippen molar-refractivity contribution in [2.75, 3.05) is 45.8 Å². The van der Waals surface area contributed by atoms with Crippen molar-refractivity contribution in [2.45, 2.75) is 46.6 Å². The predicted octanol–water partition coefficient (Wildman–Crippen LogP) is 1.29. The molecular weight excluding hydrogens is 356 g/mol. The maximum absolute atomic E-state index is 12.3. The molecule has 0 bridgehead atoms. The van der Waals surface area contributed by atoms with Crippen LogP contribution in [0.1, 0.15) is 43.5 Å². The molecule has 0 radical (unpaired) electrons. The van der Waals surface area contributed by atoms with Crippen LogP contribution in [0.25, 0.3) is 0 Å². The van der Waals surface area contributed by atoms with E-state index in [1.54, 1.807) is 0 Å². The van der Waals surface area contributed by atoms with Gasteiger partial charge in [0.05, 0.1) is 5.69 Å². The van der Waals surface area contributed by atoms with E-state index >= 15 is 0 Å². The Hall–Kier alpha value is -2.09. The molecule has 2 N–H and O–H groups in total. The highest BCUT2D eigenvalue weighted by atomic mass is 16.4. The lowest BCUT2D eigenvalue weighted by Gasteiger charge is -2.38. The van der Waals surface area contributed by atoms with Gasteiger partial charge in [0, 0.05) is 51.7 Å². The summed E-state index contributed by atoms with van der Waals surface area (Å²) in [7, 11) is 0. The zero-order valence-electron chi connectivity index (χ0n) is 17.5. The van der Waals surface area contributed by atoms with E-state index in [2.05, 4.69) is 37.3 Å². The topological polar surface area (TPSA) is 86.0 Å². The molecule has 8 nitrogen and oxygen atoms in total. The lowest BCUT2D eigenvalue weighted by molar-refractivity contribution is -0.139. The predicted molar refractivity (Wildman–Crippen MR) is 109 cm³/mol. The van der Waals surface area contributed by atoms with Crippen molar-refractivity contribution in [1.29, 1.82) is 0 Å². The number of carbonyl (C=O) groups excluding carboxylic acids is 1. The van der Waals surface area contributed by atoms with Gasteiger partial charge in [-0.2, -0.15) is 0 Å². The van der Waals surface area contributed by atoms with Gasteiger partial charge in [0.2, 0.25) is 11.8 Å². The van der Waals surface area contributed by atoms with E-state index in [9.17, 15) is 4.79 Å². The van der Waals surface area contributed by atoms with Crippen molar-refractivity contribution in [1.82, 2.24) is 25.4 Å². The van der Waals surface area contributed by atoms with Gasteiger partial charge in [-0.05, 0) is 33.6 Å². The summed E-state index contributed by atoms with van der Waals surface area (Å²) in [6.45, 7) is 12.5. The average molecular weight is 391 g/mol. The summed E-state index contributed by atoms with van der Waals surface area (Å²) >= 11 is 0. The number of aromatic nitrogens is 1. The number of aryl methyl sites for hydroxylation is 2. The first-order valence-corrected chi connectivity index (χ1v) is 10.5. The van der Waals surface area contributed by atoms with Crippen LogP contribution < -0.4 is 10.6 Å². The lowest BCUT2D eigenvalue weighted by atomic mass is 9.84. The van der Waals surface area contributed by atoms with Crippen molar-refractivity contribution in [2.24, 2.45) is 10.9 Å². The molecule has 156 valence electrons. The highest BCUT2D eigenvalue weighted by Gasteiger charge is 2.30. The van der Waals surface area contributed by atoms with Gasteiger partial charge in [-0.15, -0.1) is 0 Å². The van der Waals surface area contributed by atoms with Gasteiger partial charge in [-0.3, -0.25) is 9.69 Å². The number of guanidine groups is 1. The number of aliphatic imine (C=N–C) groups is 1. The second-order valence-corrected chi connectivity index (χ2v) is 7.67.